The van der Waals surface area contributed by atoms with E-state index in [1.807, 2.05) is 0 Å². The molecule has 0 aromatic carbocycles. The van der Waals surface area contributed by atoms with Crippen molar-refractivity contribution in [3.63, 3.8) is 0 Å². The Labute approximate surface area is 33.1 Å². The quantitative estimate of drug-likeness (QED) is 0.466. The Morgan fingerprint density at radius 2 is 2.00 bits per heavy atom. The molecule has 0 N–H and O–H groups in total. The molecule has 0 aliphatic heterocycles. The Kier molecular flexibility index (Phi) is 3.76. The molecule has 0 atom stereocenters. The van der Waals surface area contributed by atoms with E-state index in [1.54, 1.807) is 0 Å². The van der Waals surface area contributed by atoms with Crippen LogP contribution in [0.5, 0.6) is 0 Å². The Morgan fingerprint density at radius 3 is 2.00 bits per heavy atom. The van der Waals surface area contributed by atoms with E-state index in [-0.39, 0.29) is 6.67 Å². The van der Waals surface area contributed by atoms with Crippen LogP contribution in [0.3, 0.4) is 0 Å². The third-order valence-electron chi connectivity index (χ3n) is 0.0714. The van der Waals surface area contributed by atoms with E-state index < -0.39 is 0 Å². The summed E-state index contributed by atoms with van der Waals surface area (Å²) in [5.74, 6) is 0. The van der Waals surface area contributed by atoms with E-state index >= 15 is 0 Å². The van der Waals surface area contributed by atoms with Crippen molar-refractivity contribution in [1.82, 2.24) is 0 Å². The highest BCUT2D eigenvalue weighted by Gasteiger charge is 1.63. The minimum absolute atomic E-state index is 0.264. The average molecular weight is 127 g/mol. The molecule has 0 heterocycles. The summed E-state index contributed by atoms with van der Waals surface area (Å²) in [4.78, 5) is 0. The maximum atomic E-state index is 10.7. The molecular weight excluding hydrogens is 123 g/mol. The lowest BCUT2D eigenvalue weighted by molar-refractivity contribution is 0.535. The van der Waals surface area contributed by atoms with Gasteiger partial charge in [-0.05, 0) is 0 Å². The van der Waals surface area contributed by atoms with Crippen LogP contribution in [-0.4, -0.2) is 12.0 Å². The highest BCUT2D eigenvalue weighted by atomic mass is 79.9. The fourth-order valence-corrected chi connectivity index (χ4v) is 0. The van der Waals surface area contributed by atoms with E-state index in [1.165, 1.54) is 0 Å². The van der Waals surface area contributed by atoms with Crippen molar-refractivity contribution in [2.75, 3.05) is 12.0 Å². The molecule has 0 unspecified atom stereocenters. The monoisotopic (exact) mass is 126 g/mol. The van der Waals surface area contributed by atoms with Crippen LogP contribution in [0.4, 0.5) is 4.39 Å². The van der Waals surface area contributed by atoms with Gasteiger partial charge in [0.25, 0.3) is 0 Å². The summed E-state index contributed by atoms with van der Waals surface area (Å²) in [5.41, 5.74) is 0. The van der Waals surface area contributed by atoms with E-state index in [0.717, 1.165) is 0 Å². The lowest BCUT2D eigenvalue weighted by Gasteiger charge is -1.62. The van der Waals surface area contributed by atoms with Gasteiger partial charge in [0.05, 0.1) is 6.67 Å². The topological polar surface area (TPSA) is 0 Å². The van der Waals surface area contributed by atoms with E-state index in [9.17, 15) is 4.39 Å². The van der Waals surface area contributed by atoms with Gasteiger partial charge in [0, 0.05) is 5.33 Å². The molecule has 0 nitrogen and oxygen atoms in total. The summed E-state index contributed by atoms with van der Waals surface area (Å²) in [6.07, 6.45) is 0. The molecule has 0 aliphatic rings. The van der Waals surface area contributed by atoms with E-state index in [2.05, 4.69) is 15.9 Å². The lowest BCUT2D eigenvalue weighted by atomic mass is 10.9. The first-order chi connectivity index (χ1) is 1.91. The van der Waals surface area contributed by atoms with E-state index in [0.29, 0.717) is 5.33 Å². The van der Waals surface area contributed by atoms with Gasteiger partial charge in [-0.25, -0.2) is 0 Å². The summed E-state index contributed by atoms with van der Waals surface area (Å²) in [7, 11) is 0. The predicted octanol–water partition coefficient (Wildman–Crippen LogP) is 1.35. The van der Waals surface area contributed by atoms with Crippen molar-refractivity contribution in [2.45, 2.75) is 0 Å². The second-order valence-electron chi connectivity index (χ2n) is 0.378. The Morgan fingerprint density at radius 1 is 1.75 bits per heavy atom. The smallest absolute Gasteiger partial charge is 0.0991 e. The molecule has 2 heteroatoms. The highest BCUT2D eigenvalue weighted by Crippen LogP contribution is 1.75. The lowest BCUT2D eigenvalue weighted by Crippen LogP contribution is -1.65. The molecule has 26 valence electrons. The first-order valence-corrected chi connectivity index (χ1v) is 2.16. The van der Waals surface area contributed by atoms with Gasteiger partial charge in [-0.2, -0.15) is 0 Å². The Balaban J connectivity index is 1.97. The molecular formula is C2H4BrF. The number of alkyl halides is 2. The van der Waals surface area contributed by atoms with Crippen LogP contribution < -0.4 is 0 Å². The van der Waals surface area contributed by atoms with Crippen LogP contribution in [0.2, 0.25) is 0 Å². The van der Waals surface area contributed by atoms with Gasteiger partial charge in [0.1, 0.15) is 0 Å². The summed E-state index contributed by atoms with van der Waals surface area (Å²) in [6, 6.07) is 0. The van der Waals surface area contributed by atoms with Gasteiger partial charge >= 0.3 is 0 Å². The number of hydrogen-bond acceptors (Lipinski definition) is 0. The number of hydrogen-bond donors (Lipinski definition) is 0. The first-order valence-electron chi connectivity index (χ1n) is 1.03. The Hall–Kier alpha value is 0.410. The zero-order valence-electron chi connectivity index (χ0n) is 2.17. The average Bonchev–Trinajstić information content (AvgIpc) is 1.37. The van der Waals surface area contributed by atoms with Crippen LogP contribution >= 0.6 is 15.9 Å². The molecule has 0 bridgehead atoms. The zero-order chi connectivity index (χ0) is 3.41. The minimum Gasteiger partial charge on any atom is -0.250 e. The zero-order valence-corrected chi connectivity index (χ0v) is 3.76. The fraction of sp³-hybridized carbons (Fsp3) is 1.00. The highest BCUT2D eigenvalue weighted by molar-refractivity contribution is 9.09. The molecule has 0 spiro atoms. The third kappa shape index (κ3) is 2.41. The second-order valence-corrected chi connectivity index (χ2v) is 1.17. The molecule has 4 heavy (non-hydrogen) atoms. The van der Waals surface area contributed by atoms with Crippen molar-refractivity contribution < 1.29 is 4.39 Å². The van der Waals surface area contributed by atoms with Crippen molar-refractivity contribution in [2.24, 2.45) is 0 Å². The van der Waals surface area contributed by atoms with Gasteiger partial charge in [0.2, 0.25) is 0 Å². The summed E-state index contributed by atoms with van der Waals surface area (Å²) < 4.78 is 10.7. The minimum atomic E-state index is -0.264. The normalized spacial score (nSPS) is 7.50. The van der Waals surface area contributed by atoms with Gasteiger partial charge < -0.3 is 0 Å². The molecule has 0 aliphatic carbocycles. The maximum absolute atomic E-state index is 10.7. The maximum Gasteiger partial charge on any atom is 0.0991 e. The molecule has 0 radical (unpaired) electrons. The molecule has 0 aromatic rings. The number of rotatable bonds is 1. The van der Waals surface area contributed by atoms with Crippen LogP contribution in [0, 0.1) is 0 Å². The molecule has 0 saturated heterocycles. The molecule has 0 fully saturated rings. The fourth-order valence-electron chi connectivity index (χ4n) is 0. The van der Waals surface area contributed by atoms with Gasteiger partial charge in [-0.1, -0.05) is 15.9 Å². The van der Waals surface area contributed by atoms with Gasteiger partial charge in [-0.15, -0.1) is 0 Å². The van der Waals surface area contributed by atoms with Crippen LogP contribution in [-0.2, 0) is 0 Å². The summed E-state index contributed by atoms with van der Waals surface area (Å²) in [5, 5.41) is 0.465. The van der Waals surface area contributed by atoms with Crippen LogP contribution in [0.15, 0.2) is 0 Å². The van der Waals surface area contributed by atoms with Crippen molar-refractivity contribution in [3.8, 4) is 0 Å². The van der Waals surface area contributed by atoms with Gasteiger partial charge in [0.15, 0.2) is 0 Å². The first kappa shape index (κ1) is 4.41. The standard InChI is InChI=1S/C2H4BrF/c3-1-2-4/h1-2H2/i4+0. The largest absolute Gasteiger partial charge is 0.250 e. The van der Waals surface area contributed by atoms with Crippen molar-refractivity contribution in [3.05, 3.63) is 0 Å². The molecule has 0 amide bonds. The van der Waals surface area contributed by atoms with E-state index in [4.69, 9.17) is 0 Å². The van der Waals surface area contributed by atoms with Crippen LogP contribution in [0.1, 0.15) is 0 Å². The van der Waals surface area contributed by atoms with Crippen molar-refractivity contribution in [1.29, 1.82) is 0 Å². The Bertz CT molecular complexity index is 8.00. The summed E-state index contributed by atoms with van der Waals surface area (Å²) >= 11 is 2.87. The molecule has 0 saturated carbocycles. The van der Waals surface area contributed by atoms with Gasteiger partial charge in [-0.3, -0.25) is 4.39 Å². The third-order valence-corrected chi connectivity index (χ3v) is 0.371. The SMILES string of the molecule is [19F]CCBr. The van der Waals surface area contributed by atoms with Crippen molar-refractivity contribution >= 4 is 15.9 Å². The predicted molar refractivity (Wildman–Crippen MR) is 19.8 cm³/mol. The number of halogens is 2. The molecule has 0 rings (SSSR count). The van der Waals surface area contributed by atoms with Crippen LogP contribution in [0.25, 0.3) is 0 Å². The second kappa shape index (κ2) is 3.41. The summed E-state index contributed by atoms with van der Waals surface area (Å²) in [6.45, 7) is -0.264. The molecule has 0 aromatic heterocycles.